The van der Waals surface area contributed by atoms with Gasteiger partial charge in [0.25, 0.3) is 0 Å². The van der Waals surface area contributed by atoms with Crippen LogP contribution < -0.4 is 9.47 Å². The molecule has 0 spiro atoms. The highest BCUT2D eigenvalue weighted by molar-refractivity contribution is 7.09. The van der Waals surface area contributed by atoms with Crippen molar-refractivity contribution in [3.63, 3.8) is 0 Å². The summed E-state index contributed by atoms with van der Waals surface area (Å²) in [6.45, 7) is 2.31. The molecular formula is C23H19NO3S. The highest BCUT2D eigenvalue weighted by Crippen LogP contribution is 2.30. The number of nitriles is 1. The average molecular weight is 389 g/mol. The number of Topliss-reactive ketones (excluding diaryl/α,β-unsaturated/α-hetero) is 1. The van der Waals surface area contributed by atoms with E-state index in [2.05, 4.69) is 0 Å². The third kappa shape index (κ3) is 4.48. The third-order valence-electron chi connectivity index (χ3n) is 4.20. The fourth-order valence-electron chi connectivity index (χ4n) is 2.72. The Kier molecular flexibility index (Phi) is 6.25. The van der Waals surface area contributed by atoms with E-state index in [1.54, 1.807) is 54.9 Å². The van der Waals surface area contributed by atoms with Crippen LogP contribution in [0.5, 0.6) is 11.5 Å². The van der Waals surface area contributed by atoms with Crippen LogP contribution in [-0.4, -0.2) is 12.9 Å². The predicted octanol–water partition coefficient (Wildman–Crippen LogP) is 5.43. The second-order valence-corrected chi connectivity index (χ2v) is 7.12. The van der Waals surface area contributed by atoms with Crippen LogP contribution in [0, 0.1) is 18.3 Å². The largest absolute Gasteiger partial charge is 0.493 e. The molecule has 0 aliphatic carbocycles. The normalized spacial score (nSPS) is 11.0. The molecule has 0 unspecified atom stereocenters. The van der Waals surface area contributed by atoms with Crippen molar-refractivity contribution < 1.29 is 14.3 Å². The number of thiophene rings is 1. The van der Waals surface area contributed by atoms with Crippen molar-refractivity contribution in [2.45, 2.75) is 13.5 Å². The lowest BCUT2D eigenvalue weighted by molar-refractivity contribution is 0.103. The number of ketones is 1. The fourth-order valence-corrected chi connectivity index (χ4v) is 3.34. The lowest BCUT2D eigenvalue weighted by Gasteiger charge is -2.11. The van der Waals surface area contributed by atoms with E-state index in [-0.39, 0.29) is 11.4 Å². The highest BCUT2D eigenvalue weighted by atomic mass is 32.1. The number of allylic oxidation sites excluding steroid dienone is 1. The molecule has 0 fully saturated rings. The molecular weight excluding hydrogens is 370 g/mol. The minimum Gasteiger partial charge on any atom is -0.493 e. The van der Waals surface area contributed by atoms with Crippen molar-refractivity contribution >= 4 is 23.2 Å². The van der Waals surface area contributed by atoms with Crippen molar-refractivity contribution in [2.75, 3.05) is 7.11 Å². The molecule has 0 radical (unpaired) electrons. The van der Waals surface area contributed by atoms with Crippen LogP contribution in [0.2, 0.25) is 0 Å². The molecule has 0 saturated carbocycles. The number of hydrogen-bond donors (Lipinski definition) is 0. The van der Waals surface area contributed by atoms with Gasteiger partial charge in [-0.05, 0) is 47.7 Å². The van der Waals surface area contributed by atoms with Crippen LogP contribution in [-0.2, 0) is 6.61 Å². The van der Waals surface area contributed by atoms with Gasteiger partial charge in [0.2, 0.25) is 5.78 Å². The summed E-state index contributed by atoms with van der Waals surface area (Å²) in [5.41, 5.74) is 2.13. The zero-order chi connectivity index (χ0) is 19.9. The summed E-state index contributed by atoms with van der Waals surface area (Å²) >= 11 is 1.62. The van der Waals surface area contributed by atoms with E-state index in [1.165, 1.54) is 0 Å². The molecule has 3 rings (SSSR count). The summed E-state index contributed by atoms with van der Waals surface area (Å²) in [6, 6.07) is 18.6. The number of benzene rings is 2. The first-order valence-corrected chi connectivity index (χ1v) is 9.55. The van der Waals surface area contributed by atoms with Gasteiger partial charge in [-0.15, -0.1) is 11.3 Å². The monoisotopic (exact) mass is 389 g/mol. The zero-order valence-electron chi connectivity index (χ0n) is 15.6. The second-order valence-electron chi connectivity index (χ2n) is 6.09. The van der Waals surface area contributed by atoms with Crippen molar-refractivity contribution in [3.05, 3.63) is 87.1 Å². The average Bonchev–Trinajstić information content (AvgIpc) is 3.24. The molecule has 3 aromatic rings. The van der Waals surface area contributed by atoms with Crippen molar-refractivity contribution in [2.24, 2.45) is 0 Å². The summed E-state index contributed by atoms with van der Waals surface area (Å²) in [7, 11) is 1.56. The van der Waals surface area contributed by atoms with Gasteiger partial charge in [-0.2, -0.15) is 5.26 Å². The maximum absolute atomic E-state index is 12.7. The number of ether oxygens (including phenoxy) is 2. The number of aryl methyl sites for hydroxylation is 1. The molecule has 1 aromatic heterocycles. The second kappa shape index (κ2) is 9.03. The third-order valence-corrected chi connectivity index (χ3v) is 5.05. The Bertz CT molecular complexity index is 1050. The number of carbonyl (C=O) groups is 1. The quantitative estimate of drug-likeness (QED) is 0.307. The molecule has 0 atom stereocenters. The fraction of sp³-hybridized carbons (Fsp3) is 0.130. The molecule has 1 heterocycles. The van der Waals surface area contributed by atoms with Gasteiger partial charge in [0.05, 0.1) is 7.11 Å². The Morgan fingerprint density at radius 1 is 1.14 bits per heavy atom. The SMILES string of the molecule is COc1cc(/C=C(\C#N)C(=O)c2ccccc2C)ccc1OCc1cccs1. The predicted molar refractivity (Wildman–Crippen MR) is 111 cm³/mol. The molecule has 0 N–H and O–H groups in total. The Labute approximate surface area is 168 Å². The van der Waals surface area contributed by atoms with E-state index in [9.17, 15) is 10.1 Å². The van der Waals surface area contributed by atoms with Crippen LogP contribution in [0.25, 0.3) is 6.08 Å². The van der Waals surface area contributed by atoms with Gasteiger partial charge in [-0.25, -0.2) is 0 Å². The smallest absolute Gasteiger partial charge is 0.203 e. The Balaban J connectivity index is 1.84. The van der Waals surface area contributed by atoms with Gasteiger partial charge in [0.1, 0.15) is 18.2 Å². The van der Waals surface area contributed by atoms with Crippen LogP contribution >= 0.6 is 11.3 Å². The molecule has 140 valence electrons. The molecule has 28 heavy (non-hydrogen) atoms. The lowest BCUT2D eigenvalue weighted by Crippen LogP contribution is -2.04. The van der Waals surface area contributed by atoms with E-state index in [1.807, 2.05) is 42.6 Å². The van der Waals surface area contributed by atoms with Crippen LogP contribution in [0.15, 0.2) is 65.6 Å². The Hall–Kier alpha value is -3.36. The first kappa shape index (κ1) is 19.4. The van der Waals surface area contributed by atoms with Crippen LogP contribution in [0.1, 0.15) is 26.4 Å². The number of rotatable bonds is 7. The Morgan fingerprint density at radius 3 is 2.64 bits per heavy atom. The number of hydrogen-bond acceptors (Lipinski definition) is 5. The number of methoxy groups -OCH3 is 1. The minimum absolute atomic E-state index is 0.0728. The van der Waals surface area contributed by atoms with E-state index in [0.29, 0.717) is 29.2 Å². The molecule has 5 heteroatoms. The van der Waals surface area contributed by atoms with Crippen molar-refractivity contribution in [1.29, 1.82) is 5.26 Å². The highest BCUT2D eigenvalue weighted by Gasteiger charge is 2.15. The maximum atomic E-state index is 12.7. The van der Waals surface area contributed by atoms with Gasteiger partial charge < -0.3 is 9.47 Å². The van der Waals surface area contributed by atoms with Gasteiger partial charge in [0.15, 0.2) is 11.5 Å². The zero-order valence-corrected chi connectivity index (χ0v) is 16.5. The van der Waals surface area contributed by atoms with Gasteiger partial charge in [-0.1, -0.05) is 36.4 Å². The summed E-state index contributed by atoms with van der Waals surface area (Å²) in [6.07, 6.45) is 1.57. The van der Waals surface area contributed by atoms with E-state index in [0.717, 1.165) is 10.4 Å². The summed E-state index contributed by atoms with van der Waals surface area (Å²) < 4.78 is 11.2. The standard InChI is InChI=1S/C23H19NO3S/c1-16-6-3-4-8-20(16)23(25)18(14-24)12-17-9-10-21(22(13-17)26-2)27-15-19-7-5-11-28-19/h3-13H,15H2,1-2H3/b18-12+. The minimum atomic E-state index is -0.294. The molecule has 0 bridgehead atoms. The van der Waals surface area contributed by atoms with Crippen LogP contribution in [0.3, 0.4) is 0 Å². The van der Waals surface area contributed by atoms with E-state index < -0.39 is 0 Å². The van der Waals surface area contributed by atoms with E-state index >= 15 is 0 Å². The first-order chi connectivity index (χ1) is 13.6. The summed E-state index contributed by atoms with van der Waals surface area (Å²) in [5.74, 6) is 0.861. The topological polar surface area (TPSA) is 59.3 Å². The molecule has 0 aliphatic rings. The molecule has 2 aromatic carbocycles. The van der Waals surface area contributed by atoms with E-state index in [4.69, 9.17) is 9.47 Å². The number of nitrogens with zero attached hydrogens (tertiary/aromatic N) is 1. The molecule has 0 amide bonds. The molecule has 4 nitrogen and oxygen atoms in total. The van der Waals surface area contributed by atoms with Crippen LogP contribution in [0.4, 0.5) is 0 Å². The number of carbonyl (C=O) groups excluding carboxylic acids is 1. The summed E-state index contributed by atoms with van der Waals surface area (Å²) in [4.78, 5) is 13.8. The first-order valence-electron chi connectivity index (χ1n) is 8.67. The molecule has 0 aliphatic heterocycles. The molecule has 0 saturated heterocycles. The summed E-state index contributed by atoms with van der Waals surface area (Å²) in [5, 5.41) is 11.5. The van der Waals surface area contributed by atoms with Crippen molar-refractivity contribution in [3.8, 4) is 17.6 Å². The Morgan fingerprint density at radius 2 is 1.96 bits per heavy atom. The maximum Gasteiger partial charge on any atom is 0.203 e. The van der Waals surface area contributed by atoms with Gasteiger partial charge in [0, 0.05) is 10.4 Å². The van der Waals surface area contributed by atoms with Gasteiger partial charge >= 0.3 is 0 Å². The van der Waals surface area contributed by atoms with Gasteiger partial charge in [-0.3, -0.25) is 4.79 Å². The lowest BCUT2D eigenvalue weighted by atomic mass is 9.98. The van der Waals surface area contributed by atoms with Crippen molar-refractivity contribution in [1.82, 2.24) is 0 Å².